The van der Waals surface area contributed by atoms with Gasteiger partial charge >= 0.3 is 0 Å². The highest BCUT2D eigenvalue weighted by Gasteiger charge is 2.20. The summed E-state index contributed by atoms with van der Waals surface area (Å²) in [4.78, 5) is 27.5. The number of hydrogen-bond acceptors (Lipinski definition) is 7. The van der Waals surface area contributed by atoms with E-state index in [-0.39, 0.29) is 27.9 Å². The highest BCUT2D eigenvalue weighted by atomic mass is 35.5. The van der Waals surface area contributed by atoms with Gasteiger partial charge in [-0.2, -0.15) is 0 Å². The first-order valence-corrected chi connectivity index (χ1v) is 10.5. The topological polar surface area (TPSA) is 110 Å². The molecule has 156 valence electrons. The molecule has 0 bridgehead atoms. The zero-order valence-corrected chi connectivity index (χ0v) is 18.4. The molecule has 2 aromatic heterocycles. The number of nitrogens with one attached hydrogen (secondary N) is 2. The molecule has 0 fully saturated rings. The Kier molecular flexibility index (Phi) is 5.88. The number of aromatic nitrogens is 1. The maximum atomic E-state index is 12.5. The fourth-order valence-electron chi connectivity index (χ4n) is 2.73. The van der Waals surface area contributed by atoms with Gasteiger partial charge in [0.1, 0.15) is 11.3 Å². The van der Waals surface area contributed by atoms with E-state index in [1.807, 2.05) is 0 Å². The first-order chi connectivity index (χ1) is 14.8. The average Bonchev–Trinajstić information content (AvgIpc) is 3.38. The number of carbonyl (C=O) groups excluding carboxylic acids is 1. The first-order valence-electron chi connectivity index (χ1n) is 8.54. The van der Waals surface area contributed by atoms with Gasteiger partial charge in [-0.3, -0.25) is 20.2 Å². The summed E-state index contributed by atoms with van der Waals surface area (Å²) >= 11 is 18.6. The lowest BCUT2D eigenvalue weighted by Crippen LogP contribution is -2.33. The maximum absolute atomic E-state index is 12.5. The van der Waals surface area contributed by atoms with Gasteiger partial charge in [-0.25, -0.2) is 4.98 Å². The molecule has 1 amide bonds. The summed E-state index contributed by atoms with van der Waals surface area (Å²) in [5.41, 5.74) is 0.656. The Bertz CT molecular complexity index is 1350. The Labute approximate surface area is 193 Å². The molecule has 0 aliphatic heterocycles. The van der Waals surface area contributed by atoms with Crippen LogP contribution >= 0.6 is 46.8 Å². The number of fused-ring (bicyclic) bond motifs is 1. The second-order valence-corrected chi connectivity index (χ2v) is 8.30. The zero-order chi connectivity index (χ0) is 22.1. The number of thiazole rings is 1. The number of para-hydroxylation sites is 1. The largest absolute Gasteiger partial charge is 0.451 e. The van der Waals surface area contributed by atoms with E-state index in [2.05, 4.69) is 15.6 Å². The van der Waals surface area contributed by atoms with Gasteiger partial charge in [-0.05, 0) is 42.5 Å². The van der Waals surface area contributed by atoms with E-state index in [1.165, 1.54) is 35.6 Å². The SMILES string of the molecule is O=C(NC(=S)Nc1nc2c(Cl)c(Cl)ccc2s1)c1ccc(-c2ccccc2[N+](=O)[O-])o1. The van der Waals surface area contributed by atoms with E-state index in [4.69, 9.17) is 39.8 Å². The molecule has 8 nitrogen and oxygen atoms in total. The molecule has 0 spiro atoms. The minimum absolute atomic E-state index is 0.00471. The molecule has 0 unspecified atom stereocenters. The number of halogens is 2. The summed E-state index contributed by atoms with van der Waals surface area (Å²) in [6.07, 6.45) is 0. The van der Waals surface area contributed by atoms with Crippen LogP contribution in [0.25, 0.3) is 21.5 Å². The highest BCUT2D eigenvalue weighted by molar-refractivity contribution is 7.80. The third-order valence-corrected chi connectivity index (χ3v) is 6.03. The number of nitro benzene ring substituents is 1. The van der Waals surface area contributed by atoms with Gasteiger partial charge in [0.15, 0.2) is 16.0 Å². The van der Waals surface area contributed by atoms with E-state index < -0.39 is 10.8 Å². The van der Waals surface area contributed by atoms with Crippen molar-refractivity contribution in [2.45, 2.75) is 0 Å². The lowest BCUT2D eigenvalue weighted by Gasteiger charge is -2.05. The number of amides is 1. The molecule has 0 atom stereocenters. The van der Waals surface area contributed by atoms with Gasteiger partial charge in [0.05, 0.1) is 25.2 Å². The number of nitro groups is 1. The fraction of sp³-hybridized carbons (Fsp3) is 0. The van der Waals surface area contributed by atoms with Crippen LogP contribution in [-0.2, 0) is 0 Å². The molecule has 2 heterocycles. The van der Waals surface area contributed by atoms with Crippen molar-refractivity contribution < 1.29 is 14.1 Å². The number of furan rings is 1. The van der Waals surface area contributed by atoms with Gasteiger partial charge in [0, 0.05) is 6.07 Å². The minimum Gasteiger partial charge on any atom is -0.451 e. The molecule has 4 rings (SSSR count). The van der Waals surface area contributed by atoms with Gasteiger partial charge < -0.3 is 9.73 Å². The fourth-order valence-corrected chi connectivity index (χ4v) is 4.28. The third kappa shape index (κ3) is 4.37. The lowest BCUT2D eigenvalue weighted by atomic mass is 10.1. The summed E-state index contributed by atoms with van der Waals surface area (Å²) in [5, 5.41) is 17.6. The Balaban J connectivity index is 1.47. The number of benzene rings is 2. The Hall–Kier alpha value is -3.05. The number of anilines is 1. The number of rotatable bonds is 4. The molecule has 0 aliphatic rings. The van der Waals surface area contributed by atoms with Crippen LogP contribution in [0.4, 0.5) is 10.8 Å². The normalized spacial score (nSPS) is 10.8. The summed E-state index contributed by atoms with van der Waals surface area (Å²) in [5.74, 6) is -0.491. The molecule has 2 aromatic carbocycles. The van der Waals surface area contributed by atoms with Crippen molar-refractivity contribution in [2.24, 2.45) is 0 Å². The van der Waals surface area contributed by atoms with Crippen molar-refractivity contribution in [2.75, 3.05) is 5.32 Å². The van der Waals surface area contributed by atoms with Crippen LogP contribution in [0.15, 0.2) is 52.9 Å². The van der Waals surface area contributed by atoms with Crippen LogP contribution in [0.1, 0.15) is 10.6 Å². The summed E-state index contributed by atoms with van der Waals surface area (Å²) < 4.78 is 6.30. The smallest absolute Gasteiger partial charge is 0.293 e. The third-order valence-electron chi connectivity index (χ3n) is 4.10. The molecular formula is C19H10Cl2N4O4S2. The number of hydrogen-bond donors (Lipinski definition) is 2. The van der Waals surface area contributed by atoms with Gasteiger partial charge in [-0.1, -0.05) is 46.7 Å². The quantitative estimate of drug-likeness (QED) is 0.207. The van der Waals surface area contributed by atoms with Crippen LogP contribution < -0.4 is 10.6 Å². The molecule has 12 heteroatoms. The van der Waals surface area contributed by atoms with E-state index in [0.717, 1.165) is 4.70 Å². The predicted octanol–water partition coefficient (Wildman–Crippen LogP) is 5.90. The van der Waals surface area contributed by atoms with E-state index >= 15 is 0 Å². The van der Waals surface area contributed by atoms with Crippen LogP contribution in [0.5, 0.6) is 0 Å². The standard InChI is InChI=1S/C19H10Cl2N4O4S2/c20-10-5-8-14-16(15(10)21)22-19(31-14)24-18(30)23-17(26)13-7-6-12(29-13)9-3-1-2-4-11(9)25(27)28/h1-8H,(H2,22,23,24,26,30). The van der Waals surface area contributed by atoms with E-state index in [9.17, 15) is 14.9 Å². The lowest BCUT2D eigenvalue weighted by molar-refractivity contribution is -0.384. The second-order valence-electron chi connectivity index (χ2n) is 6.07. The first kappa shape index (κ1) is 21.2. The Morgan fingerprint density at radius 1 is 1.16 bits per heavy atom. The van der Waals surface area contributed by atoms with Gasteiger partial charge in [0.25, 0.3) is 11.6 Å². The number of thiocarbonyl (C=S) groups is 1. The van der Waals surface area contributed by atoms with Crippen LogP contribution in [-0.4, -0.2) is 20.9 Å². The molecule has 4 aromatic rings. The highest BCUT2D eigenvalue weighted by Crippen LogP contribution is 2.35. The monoisotopic (exact) mass is 492 g/mol. The maximum Gasteiger partial charge on any atom is 0.293 e. The van der Waals surface area contributed by atoms with Gasteiger partial charge in [-0.15, -0.1) is 0 Å². The van der Waals surface area contributed by atoms with Crippen molar-refractivity contribution in [1.82, 2.24) is 10.3 Å². The summed E-state index contributed by atoms with van der Waals surface area (Å²) in [7, 11) is 0. The van der Waals surface area contributed by atoms with Crippen LogP contribution in [0.3, 0.4) is 0 Å². The molecule has 0 saturated carbocycles. The number of nitrogens with zero attached hydrogens (tertiary/aromatic N) is 2. The van der Waals surface area contributed by atoms with Crippen molar-refractivity contribution >= 4 is 78.8 Å². The summed E-state index contributed by atoms with van der Waals surface area (Å²) in [6.45, 7) is 0. The van der Waals surface area contributed by atoms with E-state index in [1.54, 1.807) is 24.3 Å². The molecule has 0 aliphatic carbocycles. The predicted molar refractivity (Wildman–Crippen MR) is 124 cm³/mol. The molecular weight excluding hydrogens is 483 g/mol. The van der Waals surface area contributed by atoms with E-state index in [0.29, 0.717) is 20.7 Å². The van der Waals surface area contributed by atoms with Crippen molar-refractivity contribution in [3.8, 4) is 11.3 Å². The Morgan fingerprint density at radius 2 is 1.94 bits per heavy atom. The van der Waals surface area contributed by atoms with Gasteiger partial charge in [0.2, 0.25) is 0 Å². The average molecular weight is 493 g/mol. The van der Waals surface area contributed by atoms with Crippen molar-refractivity contribution in [1.29, 1.82) is 0 Å². The van der Waals surface area contributed by atoms with Crippen molar-refractivity contribution in [3.63, 3.8) is 0 Å². The number of carbonyl (C=O) groups is 1. The minimum atomic E-state index is -0.621. The molecule has 31 heavy (non-hydrogen) atoms. The summed E-state index contributed by atoms with van der Waals surface area (Å²) in [6, 6.07) is 12.4. The second kappa shape index (κ2) is 8.60. The van der Waals surface area contributed by atoms with Crippen molar-refractivity contribution in [3.05, 3.63) is 74.5 Å². The zero-order valence-electron chi connectivity index (χ0n) is 15.2. The Morgan fingerprint density at radius 3 is 2.71 bits per heavy atom. The molecule has 0 saturated heterocycles. The van der Waals surface area contributed by atoms with Crippen LogP contribution in [0, 0.1) is 10.1 Å². The van der Waals surface area contributed by atoms with Crippen LogP contribution in [0.2, 0.25) is 10.0 Å². The molecule has 2 N–H and O–H groups in total. The molecule has 0 radical (unpaired) electrons.